The quantitative estimate of drug-likeness (QED) is 0.778. The Morgan fingerprint density at radius 3 is 2.58 bits per heavy atom. The van der Waals surface area contributed by atoms with Crippen LogP contribution < -0.4 is 10.9 Å². The maximum Gasteiger partial charge on any atom is 0.255 e. The van der Waals surface area contributed by atoms with Crippen molar-refractivity contribution in [3.63, 3.8) is 0 Å². The van der Waals surface area contributed by atoms with Crippen molar-refractivity contribution in [2.75, 3.05) is 5.32 Å². The molecule has 0 saturated heterocycles. The van der Waals surface area contributed by atoms with E-state index in [1.54, 1.807) is 54.7 Å². The van der Waals surface area contributed by atoms with Gasteiger partial charge < -0.3 is 10.4 Å². The van der Waals surface area contributed by atoms with Crippen molar-refractivity contribution in [3.8, 4) is 22.6 Å². The second-order valence-electron chi connectivity index (χ2n) is 5.37. The minimum atomic E-state index is -0.200. The van der Waals surface area contributed by atoms with E-state index in [1.807, 2.05) is 6.07 Å². The number of benzene rings is 2. The Morgan fingerprint density at radius 2 is 1.83 bits per heavy atom. The molecule has 1 heterocycles. The van der Waals surface area contributed by atoms with Crippen LogP contribution in [0.1, 0.15) is 6.92 Å². The summed E-state index contributed by atoms with van der Waals surface area (Å²) < 4.78 is 1.48. The number of pyridine rings is 1. The molecule has 5 nitrogen and oxygen atoms in total. The van der Waals surface area contributed by atoms with Gasteiger partial charge in [-0.2, -0.15) is 0 Å². The van der Waals surface area contributed by atoms with Crippen molar-refractivity contribution in [1.82, 2.24) is 4.57 Å². The lowest BCUT2D eigenvalue weighted by molar-refractivity contribution is -0.114. The van der Waals surface area contributed by atoms with E-state index >= 15 is 0 Å². The predicted octanol–water partition coefficient (Wildman–Crippen LogP) is 3.17. The van der Waals surface area contributed by atoms with E-state index in [1.165, 1.54) is 17.6 Å². The highest BCUT2D eigenvalue weighted by atomic mass is 16.3. The van der Waals surface area contributed by atoms with E-state index in [9.17, 15) is 14.7 Å². The van der Waals surface area contributed by atoms with Crippen LogP contribution in [0.2, 0.25) is 0 Å². The third-order valence-electron chi connectivity index (χ3n) is 3.57. The van der Waals surface area contributed by atoms with Crippen molar-refractivity contribution in [1.29, 1.82) is 0 Å². The first kappa shape index (κ1) is 15.6. The fourth-order valence-electron chi connectivity index (χ4n) is 2.50. The highest BCUT2D eigenvalue weighted by Gasteiger charge is 2.07. The molecule has 0 unspecified atom stereocenters. The van der Waals surface area contributed by atoms with E-state index in [-0.39, 0.29) is 17.2 Å². The molecule has 120 valence electrons. The standard InChI is InChI=1S/C19H16N2O3/c1-13(22)20-15-5-4-6-16(11-15)21-12-14(9-10-19(21)24)17-7-2-3-8-18(17)23/h2-12,23H,1H3,(H,20,22). The van der Waals surface area contributed by atoms with Crippen LogP contribution in [0, 0.1) is 0 Å². The maximum absolute atomic E-state index is 12.2. The molecule has 0 atom stereocenters. The third kappa shape index (κ3) is 3.20. The number of hydrogen-bond donors (Lipinski definition) is 2. The van der Waals surface area contributed by atoms with E-state index in [0.29, 0.717) is 16.9 Å². The van der Waals surface area contributed by atoms with Crippen LogP contribution in [-0.2, 0) is 4.79 Å². The molecule has 1 aromatic heterocycles. The summed E-state index contributed by atoms with van der Waals surface area (Å²) in [6.07, 6.45) is 1.67. The number of hydrogen-bond acceptors (Lipinski definition) is 3. The van der Waals surface area contributed by atoms with Crippen molar-refractivity contribution in [3.05, 3.63) is 77.2 Å². The number of amides is 1. The summed E-state index contributed by atoms with van der Waals surface area (Å²) in [5, 5.41) is 12.7. The lowest BCUT2D eigenvalue weighted by Crippen LogP contribution is -2.16. The second kappa shape index (κ2) is 6.42. The van der Waals surface area contributed by atoms with Gasteiger partial charge in [-0.3, -0.25) is 14.2 Å². The van der Waals surface area contributed by atoms with Crippen molar-refractivity contribution in [2.45, 2.75) is 6.92 Å². The number of anilines is 1. The highest BCUT2D eigenvalue weighted by Crippen LogP contribution is 2.28. The Balaban J connectivity index is 2.09. The lowest BCUT2D eigenvalue weighted by Gasteiger charge is -2.11. The molecule has 1 amide bonds. The van der Waals surface area contributed by atoms with Crippen molar-refractivity contribution >= 4 is 11.6 Å². The number of carbonyl (C=O) groups is 1. The normalized spacial score (nSPS) is 10.4. The largest absolute Gasteiger partial charge is 0.507 e. The molecule has 0 radical (unpaired) electrons. The zero-order chi connectivity index (χ0) is 17.1. The number of nitrogens with zero attached hydrogens (tertiary/aromatic N) is 1. The van der Waals surface area contributed by atoms with Crippen LogP contribution in [0.3, 0.4) is 0 Å². The van der Waals surface area contributed by atoms with E-state index in [0.717, 1.165) is 5.56 Å². The van der Waals surface area contributed by atoms with E-state index < -0.39 is 0 Å². The zero-order valence-electron chi connectivity index (χ0n) is 13.1. The molecule has 5 heteroatoms. The highest BCUT2D eigenvalue weighted by molar-refractivity contribution is 5.88. The number of carbonyl (C=O) groups excluding carboxylic acids is 1. The monoisotopic (exact) mass is 320 g/mol. The van der Waals surface area contributed by atoms with Gasteiger partial charge in [0.25, 0.3) is 5.56 Å². The second-order valence-corrected chi connectivity index (χ2v) is 5.37. The fraction of sp³-hybridized carbons (Fsp3) is 0.0526. The van der Waals surface area contributed by atoms with Gasteiger partial charge in [-0.25, -0.2) is 0 Å². The molecular weight excluding hydrogens is 304 g/mol. The van der Waals surface area contributed by atoms with Gasteiger partial charge in [-0.15, -0.1) is 0 Å². The number of phenolic OH excluding ortho intramolecular Hbond substituents is 1. The van der Waals surface area contributed by atoms with Crippen molar-refractivity contribution < 1.29 is 9.90 Å². The SMILES string of the molecule is CC(=O)Nc1cccc(-n2cc(-c3ccccc3O)ccc2=O)c1. The zero-order valence-corrected chi connectivity index (χ0v) is 13.1. The molecule has 2 aromatic carbocycles. The Bertz CT molecular complexity index is 961. The molecular formula is C19H16N2O3. The van der Waals surface area contributed by atoms with Gasteiger partial charge in [0, 0.05) is 36.0 Å². The molecule has 24 heavy (non-hydrogen) atoms. The summed E-state index contributed by atoms with van der Waals surface area (Å²) in [6, 6.07) is 17.1. The topological polar surface area (TPSA) is 71.3 Å². The van der Waals surface area contributed by atoms with Crippen LogP contribution >= 0.6 is 0 Å². The molecule has 0 bridgehead atoms. The number of phenols is 1. The van der Waals surface area contributed by atoms with Crippen LogP contribution in [0.25, 0.3) is 16.8 Å². The molecule has 0 saturated carbocycles. The Labute approximate surface area is 138 Å². The smallest absolute Gasteiger partial charge is 0.255 e. The van der Waals surface area contributed by atoms with Gasteiger partial charge in [0.05, 0.1) is 5.69 Å². The maximum atomic E-state index is 12.2. The third-order valence-corrected chi connectivity index (χ3v) is 3.57. The van der Waals surface area contributed by atoms with E-state index in [4.69, 9.17) is 0 Å². The summed E-state index contributed by atoms with van der Waals surface area (Å²) in [5.41, 5.74) is 2.40. The molecule has 0 spiro atoms. The van der Waals surface area contributed by atoms with Crippen LogP contribution in [-0.4, -0.2) is 15.6 Å². The first-order chi connectivity index (χ1) is 11.5. The van der Waals surface area contributed by atoms with Gasteiger partial charge in [0.2, 0.25) is 5.91 Å². The van der Waals surface area contributed by atoms with Crippen LogP contribution in [0.5, 0.6) is 5.75 Å². The Hall–Kier alpha value is -3.34. The van der Waals surface area contributed by atoms with Crippen molar-refractivity contribution in [2.24, 2.45) is 0 Å². The summed E-state index contributed by atoms with van der Waals surface area (Å²) in [6.45, 7) is 1.43. The number of aromatic nitrogens is 1. The van der Waals surface area contributed by atoms with Gasteiger partial charge in [-0.05, 0) is 30.3 Å². The molecule has 0 aliphatic heterocycles. The molecule has 3 aromatic rings. The van der Waals surface area contributed by atoms with Gasteiger partial charge in [0.1, 0.15) is 5.75 Å². The van der Waals surface area contributed by atoms with Gasteiger partial charge in [0.15, 0.2) is 0 Å². The minimum absolute atomic E-state index is 0.148. The molecule has 0 aliphatic rings. The molecule has 3 rings (SSSR count). The predicted molar refractivity (Wildman–Crippen MR) is 93.4 cm³/mol. The summed E-state index contributed by atoms with van der Waals surface area (Å²) in [5.74, 6) is -0.0304. The number of para-hydroxylation sites is 1. The average Bonchev–Trinajstić information content (AvgIpc) is 2.56. The number of rotatable bonds is 3. The Kier molecular flexibility index (Phi) is 4.16. The van der Waals surface area contributed by atoms with Gasteiger partial charge in [-0.1, -0.05) is 24.3 Å². The molecule has 0 aliphatic carbocycles. The summed E-state index contributed by atoms with van der Waals surface area (Å²) in [4.78, 5) is 23.4. The van der Waals surface area contributed by atoms with E-state index in [2.05, 4.69) is 5.32 Å². The Morgan fingerprint density at radius 1 is 1.04 bits per heavy atom. The molecule has 0 fully saturated rings. The molecule has 2 N–H and O–H groups in total. The first-order valence-electron chi connectivity index (χ1n) is 7.44. The lowest BCUT2D eigenvalue weighted by atomic mass is 10.1. The number of aromatic hydroxyl groups is 1. The summed E-state index contributed by atoms with van der Waals surface area (Å²) in [7, 11) is 0. The minimum Gasteiger partial charge on any atom is -0.507 e. The number of nitrogens with one attached hydrogen (secondary N) is 1. The average molecular weight is 320 g/mol. The fourth-order valence-corrected chi connectivity index (χ4v) is 2.50. The first-order valence-corrected chi connectivity index (χ1v) is 7.44. The van der Waals surface area contributed by atoms with Crippen LogP contribution in [0.4, 0.5) is 5.69 Å². The van der Waals surface area contributed by atoms with Gasteiger partial charge >= 0.3 is 0 Å². The summed E-state index contributed by atoms with van der Waals surface area (Å²) >= 11 is 0. The van der Waals surface area contributed by atoms with Crippen LogP contribution in [0.15, 0.2) is 71.7 Å².